The SMILES string of the molecule is CO[C@H]1/C=C\CC[C@H]([C@@H](O)c2nccs2)S(=O)(=O)NC(=O)c2ccc3c(c2)N(C[C@@H]2CC[C@H]21)C[C@@]1(CCCc2cc(Cl)ccc21)CO3. The van der Waals surface area contributed by atoms with E-state index in [0.717, 1.165) is 49.4 Å². The zero-order chi connectivity index (χ0) is 32.8. The number of hydrogen-bond acceptors (Lipinski definition) is 9. The van der Waals surface area contributed by atoms with E-state index in [2.05, 4.69) is 26.7 Å². The van der Waals surface area contributed by atoms with E-state index in [1.54, 1.807) is 30.7 Å². The third-order valence-electron chi connectivity index (χ3n) is 10.6. The first-order chi connectivity index (χ1) is 22.7. The lowest BCUT2D eigenvalue weighted by Crippen LogP contribution is -2.49. The van der Waals surface area contributed by atoms with Crippen LogP contribution in [0.1, 0.15) is 71.1 Å². The predicted octanol–water partition coefficient (Wildman–Crippen LogP) is 5.82. The van der Waals surface area contributed by atoms with Gasteiger partial charge in [0.25, 0.3) is 5.91 Å². The molecule has 4 aliphatic rings. The Bertz CT molecular complexity index is 1770. The number of thiazole rings is 1. The number of nitrogens with zero attached hydrogens (tertiary/aromatic N) is 2. The maximum Gasteiger partial charge on any atom is 0.264 e. The molecular formula is C35H40ClN3O6S2. The third-order valence-corrected chi connectivity index (χ3v) is 13.4. The van der Waals surface area contributed by atoms with Crippen LogP contribution in [0.2, 0.25) is 5.02 Å². The van der Waals surface area contributed by atoms with Gasteiger partial charge in [-0.1, -0.05) is 29.8 Å². The molecule has 0 radical (unpaired) electrons. The van der Waals surface area contributed by atoms with E-state index >= 15 is 0 Å². The zero-order valence-electron chi connectivity index (χ0n) is 26.3. The molecule has 0 saturated heterocycles. The predicted molar refractivity (Wildman–Crippen MR) is 183 cm³/mol. The fourth-order valence-electron chi connectivity index (χ4n) is 7.97. The molecular weight excluding hydrogens is 658 g/mol. The topological polar surface area (TPSA) is 118 Å². The summed E-state index contributed by atoms with van der Waals surface area (Å²) >= 11 is 7.60. The van der Waals surface area contributed by atoms with Crippen molar-refractivity contribution in [3.05, 3.63) is 86.8 Å². The summed E-state index contributed by atoms with van der Waals surface area (Å²) in [5, 5.41) is 12.6. The van der Waals surface area contributed by atoms with Crippen LogP contribution in [-0.4, -0.2) is 62.6 Å². The van der Waals surface area contributed by atoms with Crippen molar-refractivity contribution in [3.63, 3.8) is 0 Å². The van der Waals surface area contributed by atoms with Crippen LogP contribution < -0.4 is 14.4 Å². The minimum Gasteiger partial charge on any atom is -0.490 e. The van der Waals surface area contributed by atoms with Crippen molar-refractivity contribution < 1.29 is 27.8 Å². The summed E-state index contributed by atoms with van der Waals surface area (Å²) in [5.41, 5.74) is 3.21. The molecule has 2 N–H and O–H groups in total. The molecule has 2 aliphatic heterocycles. The van der Waals surface area contributed by atoms with Crippen molar-refractivity contribution in [1.82, 2.24) is 9.71 Å². The lowest BCUT2D eigenvalue weighted by molar-refractivity contribution is 0.0131. The van der Waals surface area contributed by atoms with E-state index in [1.165, 1.54) is 28.7 Å². The number of aromatic nitrogens is 1. The number of amides is 1. The van der Waals surface area contributed by atoms with Gasteiger partial charge in [-0.3, -0.25) is 4.79 Å². The van der Waals surface area contributed by atoms with Gasteiger partial charge in [-0.2, -0.15) is 0 Å². The number of aryl methyl sites for hydroxylation is 1. The van der Waals surface area contributed by atoms with Gasteiger partial charge < -0.3 is 19.5 Å². The number of fused-ring (bicyclic) bond motifs is 4. The number of aliphatic hydroxyl groups excluding tert-OH is 1. The second-order valence-electron chi connectivity index (χ2n) is 13.3. The Labute approximate surface area is 285 Å². The molecule has 2 bridgehead atoms. The highest BCUT2D eigenvalue weighted by atomic mass is 35.5. The molecule has 9 nitrogen and oxygen atoms in total. The molecule has 0 unspecified atom stereocenters. The van der Waals surface area contributed by atoms with Gasteiger partial charge >= 0.3 is 0 Å². The number of allylic oxidation sites excluding steroid dienone is 1. The number of methoxy groups -OCH3 is 1. The van der Waals surface area contributed by atoms with Gasteiger partial charge in [-0.15, -0.1) is 11.3 Å². The first kappa shape index (κ1) is 32.6. The van der Waals surface area contributed by atoms with Crippen LogP contribution in [-0.2, 0) is 26.6 Å². The molecule has 12 heteroatoms. The number of ether oxygens (including phenoxy) is 2. The molecule has 2 aromatic carbocycles. The van der Waals surface area contributed by atoms with Crippen molar-refractivity contribution in [2.75, 3.05) is 31.7 Å². The number of halogens is 1. The number of aliphatic hydroxyl groups is 1. The quantitative estimate of drug-likeness (QED) is 0.329. The lowest BCUT2D eigenvalue weighted by atomic mass is 9.68. The van der Waals surface area contributed by atoms with E-state index in [9.17, 15) is 18.3 Å². The fraction of sp³-hybridized carbons (Fsp3) is 0.486. The van der Waals surface area contributed by atoms with E-state index in [1.807, 2.05) is 18.2 Å². The third kappa shape index (κ3) is 6.33. The highest BCUT2D eigenvalue weighted by Crippen LogP contribution is 2.47. The fourth-order valence-corrected chi connectivity index (χ4v) is 10.4. The minimum absolute atomic E-state index is 0.102. The summed E-state index contributed by atoms with van der Waals surface area (Å²) in [7, 11) is -2.59. The van der Waals surface area contributed by atoms with Crippen LogP contribution in [0.25, 0.3) is 0 Å². The molecule has 2 aliphatic carbocycles. The number of sulfonamides is 1. The molecule has 1 spiro atoms. The van der Waals surface area contributed by atoms with Crippen molar-refractivity contribution >= 4 is 44.6 Å². The van der Waals surface area contributed by atoms with Crippen LogP contribution >= 0.6 is 22.9 Å². The second-order valence-corrected chi connectivity index (χ2v) is 16.6. The first-order valence-electron chi connectivity index (χ1n) is 16.3. The highest BCUT2D eigenvalue weighted by molar-refractivity contribution is 7.90. The number of anilines is 1. The Morgan fingerprint density at radius 3 is 2.85 bits per heavy atom. The van der Waals surface area contributed by atoms with Crippen LogP contribution in [0, 0.1) is 11.8 Å². The van der Waals surface area contributed by atoms with Gasteiger partial charge in [-0.25, -0.2) is 18.1 Å². The standard InChI is InChI=1S/C35H40ClN3O6S2/c1-44-29-6-2-3-7-31(32(40)34-37-15-16-46-34)47(42,43)38-33(41)23-9-13-30-28(18-23)39(19-24-8-11-26(24)29)20-35(21-45-30)14-4-5-22-17-25(36)10-12-27(22)35/h2,6,9-10,12-13,15-18,24,26,29,31-32,40H,3-5,7-8,11,14,19-21H2,1H3,(H,38,41)/b6-2-/t24-,26+,29-,31+,32+,35-/m0/s1. The Kier molecular flexibility index (Phi) is 9.12. The Morgan fingerprint density at radius 1 is 1.21 bits per heavy atom. The molecule has 1 aromatic heterocycles. The molecule has 47 heavy (non-hydrogen) atoms. The highest BCUT2D eigenvalue weighted by Gasteiger charge is 2.45. The maximum absolute atomic E-state index is 13.7. The average molecular weight is 698 g/mol. The van der Waals surface area contributed by atoms with Gasteiger partial charge in [0.1, 0.15) is 22.1 Å². The molecule has 3 heterocycles. The maximum atomic E-state index is 13.7. The van der Waals surface area contributed by atoms with Crippen molar-refractivity contribution in [1.29, 1.82) is 0 Å². The van der Waals surface area contributed by atoms with E-state index in [4.69, 9.17) is 21.1 Å². The van der Waals surface area contributed by atoms with Crippen LogP contribution in [0.15, 0.2) is 60.1 Å². The first-order valence-corrected chi connectivity index (χ1v) is 19.1. The molecule has 6 atom stereocenters. The molecule has 3 aromatic rings. The summed E-state index contributed by atoms with van der Waals surface area (Å²) in [6.07, 6.45) is 9.49. The van der Waals surface area contributed by atoms with Crippen molar-refractivity contribution in [3.8, 4) is 5.75 Å². The molecule has 250 valence electrons. The van der Waals surface area contributed by atoms with Crippen molar-refractivity contribution in [2.45, 2.75) is 67.8 Å². The smallest absolute Gasteiger partial charge is 0.264 e. The van der Waals surface area contributed by atoms with Crippen molar-refractivity contribution in [2.24, 2.45) is 11.8 Å². The van der Waals surface area contributed by atoms with Gasteiger partial charge in [-0.05, 0) is 98.2 Å². The number of benzene rings is 2. The number of hydrogen-bond donors (Lipinski definition) is 2. The Hall–Kier alpha value is -2.96. The summed E-state index contributed by atoms with van der Waals surface area (Å²) in [6.45, 7) is 1.93. The second kappa shape index (κ2) is 13.2. The molecule has 7 rings (SSSR count). The number of carbonyl (C=O) groups is 1. The lowest BCUT2D eigenvalue weighted by Gasteiger charge is -2.46. The summed E-state index contributed by atoms with van der Waals surface area (Å²) in [4.78, 5) is 20.2. The monoisotopic (exact) mass is 697 g/mol. The van der Waals surface area contributed by atoms with Gasteiger partial charge in [0, 0.05) is 47.8 Å². The number of carbonyl (C=O) groups excluding carboxylic acids is 1. The van der Waals surface area contributed by atoms with Gasteiger partial charge in [0.05, 0.1) is 18.4 Å². The largest absolute Gasteiger partial charge is 0.490 e. The van der Waals surface area contributed by atoms with Crippen LogP contribution in [0.3, 0.4) is 0 Å². The van der Waals surface area contributed by atoms with Crippen LogP contribution in [0.5, 0.6) is 5.75 Å². The number of rotatable bonds is 3. The summed E-state index contributed by atoms with van der Waals surface area (Å²) in [5.74, 6) is 0.562. The zero-order valence-corrected chi connectivity index (χ0v) is 28.7. The van der Waals surface area contributed by atoms with E-state index in [0.29, 0.717) is 31.2 Å². The van der Waals surface area contributed by atoms with Crippen LogP contribution in [0.4, 0.5) is 5.69 Å². The molecule has 1 amide bonds. The van der Waals surface area contributed by atoms with E-state index in [-0.39, 0.29) is 34.4 Å². The Morgan fingerprint density at radius 2 is 2.09 bits per heavy atom. The Balaban J connectivity index is 1.29. The normalized spacial score (nSPS) is 30.1. The number of nitrogens with one attached hydrogen (secondary N) is 1. The minimum atomic E-state index is -4.31. The van der Waals surface area contributed by atoms with Gasteiger partial charge in [0.15, 0.2) is 0 Å². The van der Waals surface area contributed by atoms with E-state index < -0.39 is 27.3 Å². The molecule has 1 saturated carbocycles. The average Bonchev–Trinajstić information content (AvgIpc) is 3.54. The molecule has 1 fully saturated rings. The summed E-state index contributed by atoms with van der Waals surface area (Å²) in [6, 6.07) is 11.3. The summed E-state index contributed by atoms with van der Waals surface area (Å²) < 4.78 is 42.3. The van der Waals surface area contributed by atoms with Gasteiger partial charge in [0.2, 0.25) is 10.0 Å².